The van der Waals surface area contributed by atoms with Crippen LogP contribution >= 0.6 is 24.0 Å². The van der Waals surface area contributed by atoms with E-state index in [-0.39, 0.29) is 24.4 Å². The van der Waals surface area contributed by atoms with Crippen LogP contribution in [0.4, 0.5) is 0 Å². The first-order valence-corrected chi connectivity index (χ1v) is 8.62. The summed E-state index contributed by atoms with van der Waals surface area (Å²) in [5.74, 6) is 1.08. The van der Waals surface area contributed by atoms with Crippen LogP contribution in [0.15, 0.2) is 35.0 Å². The number of benzene rings is 1. The molecular weight excluding hydrogens is 375 g/mol. The molecule has 1 amide bonds. The zero-order chi connectivity index (χ0) is 17.6. The molecule has 1 aliphatic rings. The fourth-order valence-electron chi connectivity index (χ4n) is 3.42. The summed E-state index contributed by atoms with van der Waals surface area (Å²) < 4.78 is 7.81. The molecular formula is C18H20Cl2N4O2. The summed E-state index contributed by atoms with van der Waals surface area (Å²) in [4.78, 5) is 19.5. The molecule has 0 radical (unpaired) electrons. The number of carbonyl (C=O) groups is 1. The first kappa shape index (κ1) is 18.8. The van der Waals surface area contributed by atoms with Crippen LogP contribution in [0, 0.1) is 6.92 Å². The highest BCUT2D eigenvalue weighted by atomic mass is 35.5. The van der Waals surface area contributed by atoms with Crippen LogP contribution in [-0.2, 0) is 7.05 Å². The molecule has 1 unspecified atom stereocenters. The van der Waals surface area contributed by atoms with E-state index in [2.05, 4.69) is 10.3 Å². The number of rotatable bonds is 2. The number of aromatic nitrogens is 2. The van der Waals surface area contributed by atoms with Gasteiger partial charge >= 0.3 is 0 Å². The number of imidazole rings is 1. The van der Waals surface area contributed by atoms with E-state index in [1.807, 2.05) is 41.8 Å². The van der Waals surface area contributed by atoms with Crippen LogP contribution in [-0.4, -0.2) is 40.0 Å². The number of hydrogen-bond acceptors (Lipinski definition) is 4. The Morgan fingerprint density at radius 2 is 2.23 bits per heavy atom. The van der Waals surface area contributed by atoms with Gasteiger partial charge < -0.3 is 19.2 Å². The van der Waals surface area contributed by atoms with Gasteiger partial charge in [0.1, 0.15) is 11.9 Å². The van der Waals surface area contributed by atoms with E-state index in [9.17, 15) is 4.79 Å². The maximum Gasteiger partial charge on any atom is 0.290 e. The van der Waals surface area contributed by atoms with Crippen molar-refractivity contribution in [2.24, 2.45) is 7.05 Å². The van der Waals surface area contributed by atoms with Crippen molar-refractivity contribution in [3.05, 3.63) is 52.8 Å². The Morgan fingerprint density at radius 3 is 2.92 bits per heavy atom. The summed E-state index contributed by atoms with van der Waals surface area (Å²) in [5, 5.41) is 4.73. The molecule has 2 aromatic heterocycles. The van der Waals surface area contributed by atoms with Crippen molar-refractivity contribution in [1.29, 1.82) is 0 Å². The number of hydrogen-bond donors (Lipinski definition) is 1. The molecule has 1 aliphatic heterocycles. The first-order chi connectivity index (χ1) is 12.1. The Labute approximate surface area is 162 Å². The van der Waals surface area contributed by atoms with Gasteiger partial charge in [-0.3, -0.25) is 4.79 Å². The van der Waals surface area contributed by atoms with E-state index in [4.69, 9.17) is 16.0 Å². The quantitative estimate of drug-likeness (QED) is 0.723. The number of nitrogens with one attached hydrogen (secondary N) is 1. The molecule has 0 saturated carbocycles. The molecule has 26 heavy (non-hydrogen) atoms. The van der Waals surface area contributed by atoms with E-state index in [0.717, 1.165) is 23.3 Å². The fraction of sp³-hybridized carbons (Fsp3) is 0.333. The molecule has 3 aromatic rings. The van der Waals surface area contributed by atoms with Gasteiger partial charge in [0, 0.05) is 50.0 Å². The monoisotopic (exact) mass is 394 g/mol. The van der Waals surface area contributed by atoms with E-state index in [0.29, 0.717) is 29.5 Å². The molecule has 0 aliphatic carbocycles. The Balaban J connectivity index is 0.00000196. The number of furan rings is 1. The predicted octanol–water partition coefficient (Wildman–Crippen LogP) is 3.34. The number of piperazine rings is 1. The third kappa shape index (κ3) is 2.98. The minimum Gasteiger partial charge on any atom is -0.449 e. The summed E-state index contributed by atoms with van der Waals surface area (Å²) in [6.07, 6.45) is 3.64. The summed E-state index contributed by atoms with van der Waals surface area (Å²) in [7, 11) is 1.94. The lowest BCUT2D eigenvalue weighted by atomic mass is 10.1. The molecule has 0 spiro atoms. The Kier molecular flexibility index (Phi) is 5.27. The minimum absolute atomic E-state index is 0. The van der Waals surface area contributed by atoms with Crippen LogP contribution < -0.4 is 5.32 Å². The predicted molar refractivity (Wildman–Crippen MR) is 103 cm³/mol. The van der Waals surface area contributed by atoms with Crippen LogP contribution in [0.1, 0.15) is 28.0 Å². The lowest BCUT2D eigenvalue weighted by molar-refractivity contribution is 0.0589. The van der Waals surface area contributed by atoms with Crippen molar-refractivity contribution >= 4 is 40.9 Å². The summed E-state index contributed by atoms with van der Waals surface area (Å²) in [6, 6.07) is 5.42. The molecule has 1 saturated heterocycles. The van der Waals surface area contributed by atoms with Gasteiger partial charge in [0.25, 0.3) is 5.91 Å². The van der Waals surface area contributed by atoms with Crippen molar-refractivity contribution in [3.63, 3.8) is 0 Å². The smallest absolute Gasteiger partial charge is 0.290 e. The zero-order valence-electron chi connectivity index (χ0n) is 14.5. The highest BCUT2D eigenvalue weighted by molar-refractivity contribution is 6.35. The summed E-state index contributed by atoms with van der Waals surface area (Å²) in [6.45, 7) is 3.90. The van der Waals surface area contributed by atoms with Crippen molar-refractivity contribution in [2.75, 3.05) is 19.6 Å². The fourth-order valence-corrected chi connectivity index (χ4v) is 3.63. The molecule has 0 bridgehead atoms. The number of amides is 1. The lowest BCUT2D eigenvalue weighted by Crippen LogP contribution is -2.49. The average Bonchev–Trinajstić information content (AvgIpc) is 3.19. The van der Waals surface area contributed by atoms with Gasteiger partial charge in [0.15, 0.2) is 11.3 Å². The Morgan fingerprint density at radius 1 is 1.42 bits per heavy atom. The van der Waals surface area contributed by atoms with Crippen molar-refractivity contribution in [1.82, 2.24) is 19.8 Å². The van der Waals surface area contributed by atoms with Crippen molar-refractivity contribution < 1.29 is 9.21 Å². The maximum atomic E-state index is 13.2. The van der Waals surface area contributed by atoms with Gasteiger partial charge in [-0.1, -0.05) is 23.7 Å². The molecule has 1 aromatic carbocycles. The van der Waals surface area contributed by atoms with E-state index in [1.54, 1.807) is 12.3 Å². The summed E-state index contributed by atoms with van der Waals surface area (Å²) >= 11 is 6.22. The van der Waals surface area contributed by atoms with Gasteiger partial charge in [0.05, 0.1) is 5.02 Å². The SMILES string of the molecule is Cc1c(C(=O)N2CCNCC2c2nccn2C)oc2c(Cl)cccc12.Cl. The standard InChI is InChI=1S/C18H19ClN4O2.ClH/c1-11-12-4-3-5-13(19)16(12)25-15(11)18(24)23-9-6-20-10-14(23)17-21-7-8-22(17)2;/h3-5,7-8,14,20H,6,9-10H2,1-2H3;1H. The van der Waals surface area contributed by atoms with Gasteiger partial charge in [-0.15, -0.1) is 12.4 Å². The highest BCUT2D eigenvalue weighted by Crippen LogP contribution is 2.32. The molecule has 1 fully saturated rings. The maximum absolute atomic E-state index is 13.2. The van der Waals surface area contributed by atoms with Gasteiger partial charge in [-0.05, 0) is 13.0 Å². The molecule has 6 nitrogen and oxygen atoms in total. The Hall–Kier alpha value is -2.02. The van der Waals surface area contributed by atoms with Crippen molar-refractivity contribution in [3.8, 4) is 0 Å². The average molecular weight is 395 g/mol. The number of halogens is 2. The topological polar surface area (TPSA) is 63.3 Å². The largest absolute Gasteiger partial charge is 0.449 e. The molecule has 8 heteroatoms. The zero-order valence-corrected chi connectivity index (χ0v) is 16.1. The highest BCUT2D eigenvalue weighted by Gasteiger charge is 2.33. The molecule has 138 valence electrons. The van der Waals surface area contributed by atoms with Gasteiger partial charge in [-0.2, -0.15) is 0 Å². The molecule has 1 atom stereocenters. The van der Waals surface area contributed by atoms with E-state index >= 15 is 0 Å². The summed E-state index contributed by atoms with van der Waals surface area (Å²) in [5.41, 5.74) is 1.38. The van der Waals surface area contributed by atoms with Gasteiger partial charge in [-0.25, -0.2) is 4.98 Å². The van der Waals surface area contributed by atoms with Crippen LogP contribution in [0.2, 0.25) is 5.02 Å². The third-order valence-electron chi connectivity index (χ3n) is 4.77. The van der Waals surface area contributed by atoms with Crippen molar-refractivity contribution in [2.45, 2.75) is 13.0 Å². The van der Waals surface area contributed by atoms with E-state index in [1.165, 1.54) is 0 Å². The van der Waals surface area contributed by atoms with Crippen LogP contribution in [0.3, 0.4) is 0 Å². The number of nitrogens with zero attached hydrogens (tertiary/aromatic N) is 3. The molecule has 4 rings (SSSR count). The second-order valence-electron chi connectivity index (χ2n) is 6.29. The third-order valence-corrected chi connectivity index (χ3v) is 5.07. The second kappa shape index (κ2) is 7.31. The minimum atomic E-state index is -0.135. The van der Waals surface area contributed by atoms with Gasteiger partial charge in [0.2, 0.25) is 0 Å². The molecule has 3 heterocycles. The second-order valence-corrected chi connectivity index (χ2v) is 6.69. The molecule has 1 N–H and O–H groups in total. The lowest BCUT2D eigenvalue weighted by Gasteiger charge is -2.35. The number of aryl methyl sites for hydroxylation is 2. The number of para-hydroxylation sites is 1. The number of carbonyl (C=O) groups excluding carboxylic acids is 1. The van der Waals surface area contributed by atoms with Crippen LogP contribution in [0.25, 0.3) is 11.0 Å². The van der Waals surface area contributed by atoms with E-state index < -0.39 is 0 Å². The first-order valence-electron chi connectivity index (χ1n) is 8.24. The normalized spacial score (nSPS) is 17.3. The van der Waals surface area contributed by atoms with Crippen LogP contribution in [0.5, 0.6) is 0 Å². The number of fused-ring (bicyclic) bond motifs is 1. The Bertz CT molecular complexity index is 950.